The maximum Gasteiger partial charge on any atom is 0.293 e. The average molecular weight is 343 g/mol. The van der Waals surface area contributed by atoms with Crippen molar-refractivity contribution in [3.8, 4) is 0 Å². The van der Waals surface area contributed by atoms with Crippen molar-refractivity contribution >= 4 is 11.4 Å². The molecule has 0 radical (unpaired) electrons. The Hall–Kier alpha value is -3.03. The number of carbonyl (C=O) groups is 1. The summed E-state index contributed by atoms with van der Waals surface area (Å²) in [6.07, 6.45) is 2.89. The summed E-state index contributed by atoms with van der Waals surface area (Å²) >= 11 is 0. The molecule has 25 heavy (non-hydrogen) atoms. The number of aromatic nitrogens is 4. The van der Waals surface area contributed by atoms with Crippen molar-refractivity contribution < 1.29 is 9.18 Å². The molecular formula is C17H18FN5O2. The van der Waals surface area contributed by atoms with E-state index >= 15 is 0 Å². The first-order valence-corrected chi connectivity index (χ1v) is 7.95. The third kappa shape index (κ3) is 3.28. The maximum atomic E-state index is 13.1. The molecule has 3 rings (SSSR count). The predicted octanol–water partition coefficient (Wildman–Crippen LogP) is 1.64. The van der Waals surface area contributed by atoms with Crippen molar-refractivity contribution in [3.63, 3.8) is 0 Å². The van der Waals surface area contributed by atoms with Crippen LogP contribution in [0, 0.1) is 5.82 Å². The Labute approximate surface area is 143 Å². The zero-order chi connectivity index (χ0) is 18.0. The van der Waals surface area contributed by atoms with Crippen molar-refractivity contribution in [1.82, 2.24) is 24.3 Å². The molecule has 0 spiro atoms. The lowest BCUT2D eigenvalue weighted by Crippen LogP contribution is -2.39. The van der Waals surface area contributed by atoms with E-state index in [-0.39, 0.29) is 29.9 Å². The number of benzene rings is 1. The van der Waals surface area contributed by atoms with E-state index in [0.29, 0.717) is 12.1 Å². The van der Waals surface area contributed by atoms with Gasteiger partial charge >= 0.3 is 0 Å². The first kappa shape index (κ1) is 16.8. The topological polar surface area (TPSA) is 72.5 Å². The highest BCUT2D eigenvalue weighted by atomic mass is 19.1. The van der Waals surface area contributed by atoms with Gasteiger partial charge in [0.05, 0.1) is 12.2 Å². The first-order chi connectivity index (χ1) is 12.0. The fraction of sp³-hybridized carbons (Fsp3) is 0.294. The molecule has 0 N–H and O–H groups in total. The van der Waals surface area contributed by atoms with Crippen molar-refractivity contribution in [2.45, 2.75) is 26.4 Å². The fourth-order valence-corrected chi connectivity index (χ4v) is 2.79. The van der Waals surface area contributed by atoms with Crippen molar-refractivity contribution in [1.29, 1.82) is 0 Å². The lowest BCUT2D eigenvalue weighted by atomic mass is 10.1. The number of likely N-dealkylation sites (N-methyl/N-ethyl adjacent to an activating group) is 1. The van der Waals surface area contributed by atoms with E-state index < -0.39 is 0 Å². The summed E-state index contributed by atoms with van der Waals surface area (Å²) in [7, 11) is 0. The van der Waals surface area contributed by atoms with Crippen LogP contribution in [0.5, 0.6) is 0 Å². The van der Waals surface area contributed by atoms with E-state index in [2.05, 4.69) is 10.2 Å². The van der Waals surface area contributed by atoms with Crippen LogP contribution in [-0.2, 0) is 11.3 Å². The van der Waals surface area contributed by atoms with Crippen LogP contribution in [0.15, 0.2) is 47.7 Å². The number of carbonyl (C=O) groups excluding carboxylic acids is 1. The van der Waals surface area contributed by atoms with Crippen molar-refractivity contribution in [3.05, 3.63) is 64.6 Å². The quantitative estimate of drug-likeness (QED) is 0.706. The lowest BCUT2D eigenvalue weighted by Gasteiger charge is -2.28. The number of nitrogens with zero attached hydrogens (tertiary/aromatic N) is 5. The Morgan fingerprint density at radius 3 is 2.64 bits per heavy atom. The normalized spacial score (nSPS) is 12.3. The SMILES string of the molecule is CCN(C(=O)Cn1ncn2nccc2c1=O)[C@H](C)c1ccc(F)cc1. The minimum atomic E-state index is -0.376. The second-order valence-electron chi connectivity index (χ2n) is 5.66. The molecule has 1 aromatic carbocycles. The minimum Gasteiger partial charge on any atom is -0.335 e. The predicted molar refractivity (Wildman–Crippen MR) is 89.4 cm³/mol. The summed E-state index contributed by atoms with van der Waals surface area (Å²) in [5.74, 6) is -0.562. The third-order valence-electron chi connectivity index (χ3n) is 4.19. The highest BCUT2D eigenvalue weighted by molar-refractivity contribution is 5.76. The van der Waals surface area contributed by atoms with Gasteiger partial charge in [0.25, 0.3) is 5.56 Å². The first-order valence-electron chi connectivity index (χ1n) is 7.95. The summed E-state index contributed by atoms with van der Waals surface area (Å²) in [6.45, 7) is 4.01. The van der Waals surface area contributed by atoms with Gasteiger partial charge in [0, 0.05) is 6.54 Å². The van der Waals surface area contributed by atoms with Gasteiger partial charge in [-0.25, -0.2) is 13.6 Å². The lowest BCUT2D eigenvalue weighted by molar-refractivity contribution is -0.134. The maximum absolute atomic E-state index is 13.1. The molecule has 0 unspecified atom stereocenters. The standard InChI is InChI=1S/C17H18FN5O2/c1-3-21(12(2)13-4-6-14(18)7-5-13)16(24)10-22-17(25)15-8-9-19-23(15)11-20-22/h4-9,11-12H,3,10H2,1-2H3/t12-/m1/s1. The van der Waals surface area contributed by atoms with Gasteiger partial charge in [-0.15, -0.1) is 0 Å². The van der Waals surface area contributed by atoms with Crippen LogP contribution < -0.4 is 5.56 Å². The van der Waals surface area contributed by atoms with E-state index in [1.54, 1.807) is 23.1 Å². The number of halogens is 1. The molecule has 0 aliphatic carbocycles. The molecule has 0 aliphatic heterocycles. The molecule has 0 fully saturated rings. The Balaban J connectivity index is 1.83. The van der Waals surface area contributed by atoms with Gasteiger partial charge in [0.1, 0.15) is 24.2 Å². The largest absolute Gasteiger partial charge is 0.335 e. The van der Waals surface area contributed by atoms with Gasteiger partial charge in [-0.05, 0) is 37.6 Å². The van der Waals surface area contributed by atoms with E-state index in [0.717, 1.165) is 10.2 Å². The molecule has 3 aromatic rings. The average Bonchev–Trinajstić information content (AvgIpc) is 3.08. The van der Waals surface area contributed by atoms with Crippen LogP contribution in [0.2, 0.25) is 0 Å². The monoisotopic (exact) mass is 343 g/mol. The van der Waals surface area contributed by atoms with Gasteiger partial charge in [-0.2, -0.15) is 10.2 Å². The highest BCUT2D eigenvalue weighted by Crippen LogP contribution is 2.20. The smallest absolute Gasteiger partial charge is 0.293 e. The molecule has 1 amide bonds. The van der Waals surface area contributed by atoms with Crippen LogP contribution in [0.4, 0.5) is 4.39 Å². The molecule has 0 saturated heterocycles. The van der Waals surface area contributed by atoms with E-state index in [1.165, 1.54) is 29.2 Å². The van der Waals surface area contributed by atoms with Gasteiger partial charge in [-0.3, -0.25) is 9.59 Å². The van der Waals surface area contributed by atoms with Crippen molar-refractivity contribution in [2.75, 3.05) is 6.54 Å². The summed E-state index contributed by atoms with van der Waals surface area (Å²) in [5.41, 5.74) is 0.805. The van der Waals surface area contributed by atoms with Crippen molar-refractivity contribution in [2.24, 2.45) is 0 Å². The molecule has 7 nitrogen and oxygen atoms in total. The Morgan fingerprint density at radius 1 is 1.24 bits per heavy atom. The number of amides is 1. The van der Waals surface area contributed by atoms with Crippen LogP contribution in [0.25, 0.3) is 5.52 Å². The molecular weight excluding hydrogens is 325 g/mol. The van der Waals surface area contributed by atoms with Crippen LogP contribution in [0.3, 0.4) is 0 Å². The van der Waals surface area contributed by atoms with Crippen LogP contribution >= 0.6 is 0 Å². The molecule has 0 bridgehead atoms. The summed E-state index contributed by atoms with van der Waals surface area (Å²) in [4.78, 5) is 26.6. The van der Waals surface area contributed by atoms with E-state index in [9.17, 15) is 14.0 Å². The van der Waals surface area contributed by atoms with Crippen LogP contribution in [0.1, 0.15) is 25.5 Å². The van der Waals surface area contributed by atoms with Gasteiger partial charge in [-0.1, -0.05) is 12.1 Å². The minimum absolute atomic E-state index is 0.167. The summed E-state index contributed by atoms with van der Waals surface area (Å²) in [6, 6.07) is 7.36. The molecule has 0 aliphatic rings. The Bertz CT molecular complexity index is 948. The Kier molecular flexibility index (Phi) is 4.60. The molecule has 130 valence electrons. The summed E-state index contributed by atoms with van der Waals surface area (Å²) < 4.78 is 15.6. The highest BCUT2D eigenvalue weighted by Gasteiger charge is 2.21. The second-order valence-corrected chi connectivity index (χ2v) is 5.66. The zero-order valence-electron chi connectivity index (χ0n) is 14.0. The van der Waals surface area contributed by atoms with Gasteiger partial charge in [0.15, 0.2) is 0 Å². The Morgan fingerprint density at radius 2 is 1.96 bits per heavy atom. The number of rotatable bonds is 5. The van der Waals surface area contributed by atoms with Crippen LogP contribution in [-0.4, -0.2) is 36.7 Å². The third-order valence-corrected chi connectivity index (χ3v) is 4.19. The number of hydrogen-bond donors (Lipinski definition) is 0. The number of hydrogen-bond acceptors (Lipinski definition) is 4. The second kappa shape index (κ2) is 6.84. The molecule has 0 saturated carbocycles. The molecule has 8 heteroatoms. The molecule has 1 atom stereocenters. The van der Waals surface area contributed by atoms with E-state index in [4.69, 9.17) is 0 Å². The van der Waals surface area contributed by atoms with Gasteiger partial charge < -0.3 is 4.90 Å². The summed E-state index contributed by atoms with van der Waals surface area (Å²) in [5, 5.41) is 7.93. The molecule has 2 heterocycles. The zero-order valence-corrected chi connectivity index (χ0v) is 14.0. The number of fused-ring (bicyclic) bond motifs is 1. The molecule has 2 aromatic heterocycles. The van der Waals surface area contributed by atoms with Gasteiger partial charge in [0.2, 0.25) is 5.91 Å². The fourth-order valence-electron chi connectivity index (χ4n) is 2.79. The van der Waals surface area contributed by atoms with E-state index in [1.807, 2.05) is 13.8 Å².